The Labute approximate surface area is 186 Å². The van der Waals surface area contributed by atoms with Gasteiger partial charge in [-0.25, -0.2) is 4.79 Å². The van der Waals surface area contributed by atoms with Gasteiger partial charge in [-0.05, 0) is 31.7 Å². The molecule has 0 spiro atoms. The van der Waals surface area contributed by atoms with Gasteiger partial charge in [-0.15, -0.1) is 0 Å². The molecule has 0 radical (unpaired) electrons. The molecular weight excluding hydrogens is 428 g/mol. The van der Waals surface area contributed by atoms with E-state index in [2.05, 4.69) is 28.6 Å². The van der Waals surface area contributed by atoms with E-state index >= 15 is 0 Å². The van der Waals surface area contributed by atoms with E-state index in [-0.39, 0.29) is 18.1 Å². The maximum Gasteiger partial charge on any atom is 0.327 e. The lowest BCUT2D eigenvalue weighted by Gasteiger charge is -2.25. The summed E-state index contributed by atoms with van der Waals surface area (Å²) in [5.74, 6) is -4.72. The van der Waals surface area contributed by atoms with Crippen LogP contribution < -0.4 is 33.2 Å². The molecule has 0 aromatic heterocycles. The van der Waals surface area contributed by atoms with Crippen LogP contribution in [0, 0.1) is 5.92 Å². The standard InChI is InChI=1S/C18H34N6O6S/c1-9(2)14(21)17(28)23-11(7-13(20)25)16(27)22-10(5-3-4-6-19)15(26)24-12(8-31)18(29)30/h9-12,14,31H,3-8,19,21H2,1-2H3,(H2,20,25)(H,22,27)(H,23,28)(H,24,26)(H,29,30)/t10-,11-,12-,14-/m0/s1. The molecule has 0 unspecified atom stereocenters. The van der Waals surface area contributed by atoms with E-state index in [9.17, 15) is 24.0 Å². The number of carbonyl (C=O) groups excluding carboxylic acids is 4. The first-order chi connectivity index (χ1) is 14.4. The summed E-state index contributed by atoms with van der Waals surface area (Å²) in [5, 5.41) is 16.2. The SMILES string of the molecule is CC(C)[C@H](N)C(=O)N[C@@H](CC(N)=O)C(=O)N[C@@H](CCCCN)C(=O)N[C@@H](CS)C(=O)O. The second-order valence-electron chi connectivity index (χ2n) is 7.43. The molecule has 0 saturated heterocycles. The first-order valence-electron chi connectivity index (χ1n) is 9.93. The van der Waals surface area contributed by atoms with Gasteiger partial charge < -0.3 is 38.3 Å². The summed E-state index contributed by atoms with van der Waals surface area (Å²) < 4.78 is 0. The molecule has 0 aliphatic heterocycles. The second-order valence-corrected chi connectivity index (χ2v) is 7.79. The molecule has 4 atom stereocenters. The van der Waals surface area contributed by atoms with Crippen molar-refractivity contribution in [2.45, 2.75) is 63.7 Å². The van der Waals surface area contributed by atoms with Crippen LogP contribution in [-0.4, -0.2) is 71.2 Å². The van der Waals surface area contributed by atoms with Gasteiger partial charge in [0.15, 0.2) is 0 Å². The van der Waals surface area contributed by atoms with Crippen LogP contribution in [0.4, 0.5) is 0 Å². The molecule has 0 aliphatic rings. The van der Waals surface area contributed by atoms with Crippen molar-refractivity contribution in [3.8, 4) is 0 Å². The van der Waals surface area contributed by atoms with Crippen LogP contribution in [0.1, 0.15) is 39.5 Å². The Morgan fingerprint density at radius 2 is 1.42 bits per heavy atom. The van der Waals surface area contributed by atoms with Crippen molar-refractivity contribution in [3.63, 3.8) is 0 Å². The number of hydrogen-bond acceptors (Lipinski definition) is 8. The number of thiol groups is 1. The molecule has 0 bridgehead atoms. The maximum atomic E-state index is 12.7. The molecule has 12 nitrogen and oxygen atoms in total. The number of aliphatic carboxylic acids is 1. The molecular formula is C18H34N6O6S. The number of unbranched alkanes of at least 4 members (excludes halogenated alkanes) is 1. The van der Waals surface area contributed by atoms with Crippen LogP contribution >= 0.6 is 12.6 Å². The second kappa shape index (κ2) is 14.6. The number of nitrogens with one attached hydrogen (secondary N) is 3. The summed E-state index contributed by atoms with van der Waals surface area (Å²) in [5.41, 5.74) is 16.4. The third-order valence-electron chi connectivity index (χ3n) is 4.44. The van der Waals surface area contributed by atoms with Crippen LogP contribution in [0.2, 0.25) is 0 Å². The Morgan fingerprint density at radius 1 is 0.903 bits per heavy atom. The van der Waals surface area contributed by atoms with Gasteiger partial charge in [0.05, 0.1) is 12.5 Å². The van der Waals surface area contributed by atoms with Crippen LogP contribution in [-0.2, 0) is 24.0 Å². The monoisotopic (exact) mass is 462 g/mol. The van der Waals surface area contributed by atoms with Gasteiger partial charge in [-0.3, -0.25) is 19.2 Å². The van der Waals surface area contributed by atoms with Crippen molar-refractivity contribution in [2.24, 2.45) is 23.1 Å². The Bertz CT molecular complexity index is 647. The number of primary amides is 1. The van der Waals surface area contributed by atoms with Crippen LogP contribution in [0.3, 0.4) is 0 Å². The Morgan fingerprint density at radius 3 is 1.87 bits per heavy atom. The van der Waals surface area contributed by atoms with E-state index in [1.807, 2.05) is 0 Å². The minimum atomic E-state index is -1.35. The summed E-state index contributed by atoms with van der Waals surface area (Å²) in [4.78, 5) is 60.1. The fraction of sp³-hybridized carbons (Fsp3) is 0.722. The number of carbonyl (C=O) groups is 5. The van der Waals surface area contributed by atoms with E-state index in [0.717, 1.165) is 0 Å². The highest BCUT2D eigenvalue weighted by atomic mass is 32.1. The van der Waals surface area contributed by atoms with Crippen LogP contribution in [0.25, 0.3) is 0 Å². The Balaban J connectivity index is 5.44. The molecule has 4 amide bonds. The fourth-order valence-corrected chi connectivity index (χ4v) is 2.72. The number of carboxylic acid groups (broad SMARTS) is 1. The third kappa shape index (κ3) is 11.0. The van der Waals surface area contributed by atoms with E-state index in [0.29, 0.717) is 19.4 Å². The van der Waals surface area contributed by atoms with Crippen LogP contribution in [0.15, 0.2) is 0 Å². The first kappa shape index (κ1) is 28.6. The van der Waals surface area contributed by atoms with Crippen molar-refractivity contribution in [1.29, 1.82) is 0 Å². The van der Waals surface area contributed by atoms with E-state index in [1.54, 1.807) is 13.8 Å². The third-order valence-corrected chi connectivity index (χ3v) is 4.80. The first-order valence-corrected chi connectivity index (χ1v) is 10.6. The zero-order chi connectivity index (χ0) is 24.1. The van der Waals surface area contributed by atoms with Crippen molar-refractivity contribution in [2.75, 3.05) is 12.3 Å². The molecule has 0 aromatic carbocycles. The van der Waals surface area contributed by atoms with Gasteiger partial charge in [0.25, 0.3) is 0 Å². The smallest absolute Gasteiger partial charge is 0.327 e. The highest BCUT2D eigenvalue weighted by Gasteiger charge is 2.31. The van der Waals surface area contributed by atoms with Gasteiger partial charge in [-0.2, -0.15) is 12.6 Å². The van der Waals surface area contributed by atoms with E-state index in [4.69, 9.17) is 22.3 Å². The average molecular weight is 463 g/mol. The minimum absolute atomic E-state index is 0.155. The van der Waals surface area contributed by atoms with Gasteiger partial charge in [0.1, 0.15) is 18.1 Å². The molecule has 31 heavy (non-hydrogen) atoms. The van der Waals surface area contributed by atoms with Crippen LogP contribution in [0.5, 0.6) is 0 Å². The lowest BCUT2D eigenvalue weighted by Crippen LogP contribution is -2.58. The summed E-state index contributed by atoms with van der Waals surface area (Å²) in [7, 11) is 0. The minimum Gasteiger partial charge on any atom is -0.480 e. The van der Waals surface area contributed by atoms with Crippen molar-refractivity contribution >= 4 is 42.2 Å². The molecule has 0 heterocycles. The summed E-state index contributed by atoms with van der Waals surface area (Å²) in [6, 6.07) is -4.64. The lowest BCUT2D eigenvalue weighted by molar-refractivity contribution is -0.141. The number of hydrogen-bond donors (Lipinski definition) is 8. The van der Waals surface area contributed by atoms with Crippen molar-refractivity contribution < 1.29 is 29.1 Å². The molecule has 0 saturated carbocycles. The molecule has 0 fully saturated rings. The molecule has 0 rings (SSSR count). The molecule has 10 N–H and O–H groups in total. The molecule has 13 heteroatoms. The molecule has 0 aromatic rings. The molecule has 178 valence electrons. The molecule has 0 aliphatic carbocycles. The number of nitrogens with two attached hydrogens (primary N) is 3. The zero-order valence-electron chi connectivity index (χ0n) is 17.8. The summed E-state index contributed by atoms with van der Waals surface area (Å²) in [6.45, 7) is 3.79. The lowest BCUT2D eigenvalue weighted by atomic mass is 10.0. The summed E-state index contributed by atoms with van der Waals surface area (Å²) >= 11 is 3.89. The predicted molar refractivity (Wildman–Crippen MR) is 117 cm³/mol. The normalized spacial score (nSPS) is 14.8. The largest absolute Gasteiger partial charge is 0.480 e. The van der Waals surface area contributed by atoms with E-state index < -0.39 is 60.2 Å². The number of rotatable bonds is 15. The van der Waals surface area contributed by atoms with Crippen molar-refractivity contribution in [3.05, 3.63) is 0 Å². The number of amides is 4. The zero-order valence-corrected chi connectivity index (χ0v) is 18.7. The van der Waals surface area contributed by atoms with Gasteiger partial charge in [-0.1, -0.05) is 13.8 Å². The average Bonchev–Trinajstić information content (AvgIpc) is 2.69. The van der Waals surface area contributed by atoms with Gasteiger partial charge >= 0.3 is 5.97 Å². The summed E-state index contributed by atoms with van der Waals surface area (Å²) in [6.07, 6.45) is 0.697. The van der Waals surface area contributed by atoms with Crippen molar-refractivity contribution in [1.82, 2.24) is 16.0 Å². The Kier molecular flexibility index (Phi) is 13.5. The highest BCUT2D eigenvalue weighted by molar-refractivity contribution is 7.80. The Hall–Kier alpha value is -2.38. The fourth-order valence-electron chi connectivity index (χ4n) is 2.47. The quantitative estimate of drug-likeness (QED) is 0.0953. The predicted octanol–water partition coefficient (Wildman–Crippen LogP) is -2.56. The highest BCUT2D eigenvalue weighted by Crippen LogP contribution is 2.05. The maximum absolute atomic E-state index is 12.7. The van der Waals surface area contributed by atoms with Gasteiger partial charge in [0, 0.05) is 5.75 Å². The van der Waals surface area contributed by atoms with E-state index in [1.165, 1.54) is 0 Å². The topological polar surface area (TPSA) is 220 Å². The number of carboxylic acids is 1. The van der Waals surface area contributed by atoms with Gasteiger partial charge in [0.2, 0.25) is 23.6 Å².